The van der Waals surface area contributed by atoms with Crippen LogP contribution < -0.4 is 0 Å². The van der Waals surface area contributed by atoms with Crippen molar-refractivity contribution >= 4 is 29.3 Å². The van der Waals surface area contributed by atoms with Crippen LogP contribution in [0.1, 0.15) is 12.5 Å². The zero-order chi connectivity index (χ0) is 12.5. The minimum Gasteiger partial charge on any atom is -0.463 e. The van der Waals surface area contributed by atoms with Crippen molar-refractivity contribution in [3.8, 4) is 0 Å². The third kappa shape index (κ3) is 6.39. The van der Waals surface area contributed by atoms with Crippen LogP contribution in [0, 0.1) is 0 Å². The molecule has 0 N–H and O–H groups in total. The zero-order valence-electron chi connectivity index (χ0n) is 9.69. The molecule has 1 aromatic rings. The van der Waals surface area contributed by atoms with Crippen molar-refractivity contribution < 1.29 is 9.53 Å². The molecule has 0 aromatic heterocycles. The molecule has 2 nitrogen and oxygen atoms in total. The second-order valence-electron chi connectivity index (χ2n) is 3.30. The summed E-state index contributed by atoms with van der Waals surface area (Å²) in [5.74, 6) is 1.42. The monoisotopic (exact) mass is 270 g/mol. The van der Waals surface area contributed by atoms with Crippen molar-refractivity contribution in [2.45, 2.75) is 12.7 Å². The second-order valence-corrected chi connectivity index (χ2v) is 4.76. The largest absolute Gasteiger partial charge is 0.463 e. The predicted molar refractivity (Wildman–Crippen MR) is 73.4 cm³/mol. The minimum atomic E-state index is -0.278. The SMILES string of the molecule is CCOC(=O)/C=C/CSCc1ccc(Cl)cc1. The van der Waals surface area contributed by atoms with E-state index >= 15 is 0 Å². The lowest BCUT2D eigenvalue weighted by Crippen LogP contribution is -1.98. The van der Waals surface area contributed by atoms with Crippen LogP contribution in [0.15, 0.2) is 36.4 Å². The Bertz CT molecular complexity index is 374. The molecule has 17 heavy (non-hydrogen) atoms. The fourth-order valence-corrected chi connectivity index (χ4v) is 2.06. The van der Waals surface area contributed by atoms with Gasteiger partial charge < -0.3 is 4.74 Å². The van der Waals surface area contributed by atoms with E-state index in [0.29, 0.717) is 6.61 Å². The highest BCUT2D eigenvalue weighted by Crippen LogP contribution is 2.15. The summed E-state index contributed by atoms with van der Waals surface area (Å²) in [5, 5.41) is 0.751. The molecule has 4 heteroatoms. The van der Waals surface area contributed by atoms with Crippen LogP contribution >= 0.6 is 23.4 Å². The van der Waals surface area contributed by atoms with E-state index in [1.807, 2.05) is 30.3 Å². The van der Waals surface area contributed by atoms with Gasteiger partial charge in [0.25, 0.3) is 0 Å². The summed E-state index contributed by atoms with van der Waals surface area (Å²) in [7, 11) is 0. The second kappa shape index (κ2) is 8.20. The van der Waals surface area contributed by atoms with E-state index in [2.05, 4.69) is 0 Å². The molecule has 0 saturated carbocycles. The smallest absolute Gasteiger partial charge is 0.330 e. The quantitative estimate of drug-likeness (QED) is 0.448. The van der Waals surface area contributed by atoms with Crippen molar-refractivity contribution in [3.05, 3.63) is 47.0 Å². The summed E-state index contributed by atoms with van der Waals surface area (Å²) >= 11 is 7.53. The summed E-state index contributed by atoms with van der Waals surface area (Å²) in [6.45, 7) is 2.21. The van der Waals surface area contributed by atoms with Crippen LogP contribution in [-0.4, -0.2) is 18.3 Å². The first-order chi connectivity index (χ1) is 8.22. The Labute approximate surface area is 111 Å². The number of hydrogen-bond donors (Lipinski definition) is 0. The highest BCUT2D eigenvalue weighted by atomic mass is 35.5. The Morgan fingerprint density at radius 2 is 2.12 bits per heavy atom. The molecule has 0 fully saturated rings. The van der Waals surface area contributed by atoms with Gasteiger partial charge in [0.05, 0.1) is 6.61 Å². The van der Waals surface area contributed by atoms with E-state index in [1.165, 1.54) is 11.6 Å². The molecule has 1 rings (SSSR count). The lowest BCUT2D eigenvalue weighted by Gasteiger charge is -1.99. The standard InChI is InChI=1S/C13H15ClO2S/c1-2-16-13(15)4-3-9-17-10-11-5-7-12(14)8-6-11/h3-8H,2,9-10H2,1H3/b4-3+. The Balaban J connectivity index is 2.20. The van der Waals surface area contributed by atoms with E-state index in [9.17, 15) is 4.79 Å². The Morgan fingerprint density at radius 3 is 2.76 bits per heavy atom. The van der Waals surface area contributed by atoms with Crippen LogP contribution in [-0.2, 0) is 15.3 Å². The molecule has 1 aromatic carbocycles. The van der Waals surface area contributed by atoms with Crippen molar-refractivity contribution in [1.29, 1.82) is 0 Å². The van der Waals surface area contributed by atoms with Crippen molar-refractivity contribution in [3.63, 3.8) is 0 Å². The number of hydrogen-bond acceptors (Lipinski definition) is 3. The summed E-state index contributed by atoms with van der Waals surface area (Å²) in [6.07, 6.45) is 3.29. The highest BCUT2D eigenvalue weighted by molar-refractivity contribution is 7.98. The third-order valence-electron chi connectivity index (χ3n) is 1.94. The molecule has 0 saturated heterocycles. The van der Waals surface area contributed by atoms with Gasteiger partial charge in [0.15, 0.2) is 0 Å². The number of esters is 1. The Morgan fingerprint density at radius 1 is 1.41 bits per heavy atom. The van der Waals surface area contributed by atoms with Crippen molar-refractivity contribution in [2.75, 3.05) is 12.4 Å². The van der Waals surface area contributed by atoms with Gasteiger partial charge >= 0.3 is 5.97 Å². The molecule has 0 atom stereocenters. The number of carbonyl (C=O) groups is 1. The van der Waals surface area contributed by atoms with Crippen LogP contribution in [0.2, 0.25) is 5.02 Å². The molecule has 0 radical (unpaired) electrons. The molecule has 0 amide bonds. The van der Waals surface area contributed by atoms with E-state index in [0.717, 1.165) is 16.5 Å². The average molecular weight is 271 g/mol. The molecule has 92 valence electrons. The third-order valence-corrected chi connectivity index (χ3v) is 3.15. The van der Waals surface area contributed by atoms with E-state index in [4.69, 9.17) is 16.3 Å². The lowest BCUT2D eigenvalue weighted by molar-refractivity contribution is -0.137. The van der Waals surface area contributed by atoms with Gasteiger partial charge in [-0.2, -0.15) is 11.8 Å². The van der Waals surface area contributed by atoms with Gasteiger partial charge in [-0.1, -0.05) is 29.8 Å². The number of ether oxygens (including phenoxy) is 1. The minimum absolute atomic E-state index is 0.278. The molecule has 0 heterocycles. The van der Waals surface area contributed by atoms with Gasteiger partial charge in [-0.15, -0.1) is 0 Å². The van der Waals surface area contributed by atoms with Gasteiger partial charge in [0, 0.05) is 22.6 Å². The Hall–Kier alpha value is -0.930. The van der Waals surface area contributed by atoms with Gasteiger partial charge in [-0.25, -0.2) is 4.79 Å². The maximum absolute atomic E-state index is 11.0. The van der Waals surface area contributed by atoms with Gasteiger partial charge in [-0.05, 0) is 24.6 Å². The van der Waals surface area contributed by atoms with Crippen LogP contribution in [0.4, 0.5) is 0 Å². The van der Waals surface area contributed by atoms with Crippen LogP contribution in [0.5, 0.6) is 0 Å². The molecular weight excluding hydrogens is 256 g/mol. The topological polar surface area (TPSA) is 26.3 Å². The molecule has 0 bridgehead atoms. The van der Waals surface area contributed by atoms with E-state index in [1.54, 1.807) is 18.7 Å². The molecule has 0 unspecified atom stereocenters. The molecule has 0 aliphatic rings. The summed E-state index contributed by atoms with van der Waals surface area (Å²) in [4.78, 5) is 11.0. The Kier molecular flexibility index (Phi) is 6.82. The first-order valence-electron chi connectivity index (χ1n) is 5.38. The van der Waals surface area contributed by atoms with Crippen LogP contribution in [0.3, 0.4) is 0 Å². The molecule has 0 aliphatic carbocycles. The normalized spacial score (nSPS) is 10.7. The summed E-state index contributed by atoms with van der Waals surface area (Å²) < 4.78 is 4.77. The molecule has 0 aliphatic heterocycles. The maximum Gasteiger partial charge on any atom is 0.330 e. The number of thioether (sulfide) groups is 1. The lowest BCUT2D eigenvalue weighted by atomic mass is 10.2. The number of benzene rings is 1. The maximum atomic E-state index is 11.0. The molecule has 0 spiro atoms. The predicted octanol–water partition coefficient (Wildman–Crippen LogP) is 3.69. The molecular formula is C13H15ClO2S. The van der Waals surface area contributed by atoms with Crippen LogP contribution in [0.25, 0.3) is 0 Å². The number of rotatable bonds is 6. The first kappa shape index (κ1) is 14.1. The fourth-order valence-electron chi connectivity index (χ4n) is 1.16. The van der Waals surface area contributed by atoms with Gasteiger partial charge in [0.1, 0.15) is 0 Å². The fraction of sp³-hybridized carbons (Fsp3) is 0.308. The first-order valence-corrected chi connectivity index (χ1v) is 6.91. The highest BCUT2D eigenvalue weighted by Gasteiger charge is 1.94. The number of carbonyl (C=O) groups excluding carboxylic acids is 1. The average Bonchev–Trinajstić information content (AvgIpc) is 2.31. The number of halogens is 1. The van der Waals surface area contributed by atoms with E-state index < -0.39 is 0 Å². The van der Waals surface area contributed by atoms with Crippen molar-refractivity contribution in [1.82, 2.24) is 0 Å². The van der Waals surface area contributed by atoms with Gasteiger partial charge in [0.2, 0.25) is 0 Å². The van der Waals surface area contributed by atoms with Gasteiger partial charge in [-0.3, -0.25) is 0 Å². The zero-order valence-corrected chi connectivity index (χ0v) is 11.3. The summed E-state index contributed by atoms with van der Waals surface area (Å²) in [5.41, 5.74) is 1.23. The summed E-state index contributed by atoms with van der Waals surface area (Å²) in [6, 6.07) is 7.77. The van der Waals surface area contributed by atoms with Crippen molar-refractivity contribution in [2.24, 2.45) is 0 Å². The van der Waals surface area contributed by atoms with E-state index in [-0.39, 0.29) is 5.97 Å².